The van der Waals surface area contributed by atoms with Gasteiger partial charge in [-0.25, -0.2) is 4.39 Å². The fraction of sp³-hybridized carbons (Fsp3) is 0.385. The molecule has 0 aromatic heterocycles. The van der Waals surface area contributed by atoms with E-state index in [-0.39, 0.29) is 11.3 Å². The number of ether oxygens (including phenoxy) is 1. The van der Waals surface area contributed by atoms with Gasteiger partial charge in [-0.2, -0.15) is 0 Å². The molecule has 1 aromatic rings. The number of carbonyl (C=O) groups excluding carboxylic acids is 2. The summed E-state index contributed by atoms with van der Waals surface area (Å²) >= 11 is 0. The molecule has 0 saturated carbocycles. The Morgan fingerprint density at radius 2 is 2.11 bits per heavy atom. The number of nitrogens with zero attached hydrogens (tertiary/aromatic N) is 1. The summed E-state index contributed by atoms with van der Waals surface area (Å²) in [6.07, 6.45) is 0.570. The summed E-state index contributed by atoms with van der Waals surface area (Å²) in [6.45, 7) is 3.24. The number of Topliss-reactive ketones (excluding diaryl/α,β-unsaturated/α-hetero) is 1. The Bertz CT molecular complexity index is 487. The standard InChI is InChI=1S/C13H14FNO3/c1-2-18-8-4-7-15-11-9(12(16)13(15)17)5-3-6-10(11)14/h3,5-6H,2,4,7-8H2,1H3. The number of benzene rings is 1. The number of hydrogen-bond donors (Lipinski definition) is 0. The van der Waals surface area contributed by atoms with Gasteiger partial charge in [-0.05, 0) is 25.5 Å². The van der Waals surface area contributed by atoms with Crippen LogP contribution in [0.3, 0.4) is 0 Å². The number of rotatable bonds is 5. The van der Waals surface area contributed by atoms with Crippen molar-refractivity contribution in [3.63, 3.8) is 0 Å². The molecule has 1 amide bonds. The van der Waals surface area contributed by atoms with E-state index in [1.807, 2.05) is 6.92 Å². The zero-order valence-corrected chi connectivity index (χ0v) is 10.1. The maximum absolute atomic E-state index is 13.7. The summed E-state index contributed by atoms with van der Waals surface area (Å²) < 4.78 is 18.8. The topological polar surface area (TPSA) is 46.6 Å². The number of ketones is 1. The van der Waals surface area contributed by atoms with Crippen molar-refractivity contribution in [1.29, 1.82) is 0 Å². The van der Waals surface area contributed by atoms with Crippen molar-refractivity contribution in [3.8, 4) is 0 Å². The molecule has 0 unspecified atom stereocenters. The molecular formula is C13H14FNO3. The van der Waals surface area contributed by atoms with E-state index in [4.69, 9.17) is 4.74 Å². The lowest BCUT2D eigenvalue weighted by atomic mass is 10.1. The lowest BCUT2D eigenvalue weighted by Gasteiger charge is -2.16. The Morgan fingerprint density at radius 3 is 2.83 bits per heavy atom. The third-order valence-electron chi connectivity index (χ3n) is 2.82. The minimum atomic E-state index is -0.661. The van der Waals surface area contributed by atoms with Crippen LogP contribution in [-0.4, -0.2) is 31.4 Å². The molecule has 18 heavy (non-hydrogen) atoms. The van der Waals surface area contributed by atoms with Crippen LogP contribution in [-0.2, 0) is 9.53 Å². The number of hydrogen-bond acceptors (Lipinski definition) is 3. The molecule has 1 aliphatic heterocycles. The van der Waals surface area contributed by atoms with Crippen LogP contribution in [0.25, 0.3) is 0 Å². The monoisotopic (exact) mass is 251 g/mol. The molecule has 0 aliphatic carbocycles. The number of anilines is 1. The lowest BCUT2D eigenvalue weighted by molar-refractivity contribution is -0.114. The van der Waals surface area contributed by atoms with Gasteiger partial charge in [0.2, 0.25) is 0 Å². The summed E-state index contributed by atoms with van der Waals surface area (Å²) in [5.74, 6) is -1.84. The maximum Gasteiger partial charge on any atom is 0.299 e. The van der Waals surface area contributed by atoms with Gasteiger partial charge in [0.15, 0.2) is 0 Å². The lowest BCUT2D eigenvalue weighted by Crippen LogP contribution is -2.31. The van der Waals surface area contributed by atoms with Gasteiger partial charge in [0.25, 0.3) is 11.7 Å². The second-order valence-electron chi connectivity index (χ2n) is 3.97. The summed E-state index contributed by atoms with van der Waals surface area (Å²) in [6, 6.07) is 4.16. The van der Waals surface area contributed by atoms with E-state index in [9.17, 15) is 14.0 Å². The zero-order chi connectivity index (χ0) is 13.1. The van der Waals surface area contributed by atoms with Crippen molar-refractivity contribution < 1.29 is 18.7 Å². The molecule has 2 rings (SSSR count). The summed E-state index contributed by atoms with van der Waals surface area (Å²) in [4.78, 5) is 24.6. The van der Waals surface area contributed by atoms with E-state index in [1.165, 1.54) is 23.1 Å². The van der Waals surface area contributed by atoms with Crippen molar-refractivity contribution in [2.45, 2.75) is 13.3 Å². The predicted molar refractivity (Wildman–Crippen MR) is 64.2 cm³/mol. The number of para-hydroxylation sites is 1. The summed E-state index contributed by atoms with van der Waals surface area (Å²) in [7, 11) is 0. The maximum atomic E-state index is 13.7. The van der Waals surface area contributed by atoms with Crippen LogP contribution in [0.5, 0.6) is 0 Å². The van der Waals surface area contributed by atoms with Crippen LogP contribution in [0.2, 0.25) is 0 Å². The van der Waals surface area contributed by atoms with E-state index in [0.717, 1.165) is 0 Å². The Hall–Kier alpha value is -1.75. The number of fused-ring (bicyclic) bond motifs is 1. The highest BCUT2D eigenvalue weighted by molar-refractivity contribution is 6.52. The van der Waals surface area contributed by atoms with Gasteiger partial charge in [-0.1, -0.05) is 6.07 Å². The molecule has 0 atom stereocenters. The van der Waals surface area contributed by atoms with Crippen LogP contribution in [0.15, 0.2) is 18.2 Å². The van der Waals surface area contributed by atoms with Gasteiger partial charge in [0.1, 0.15) is 5.82 Å². The number of amides is 1. The number of halogens is 1. The van der Waals surface area contributed by atoms with E-state index >= 15 is 0 Å². The fourth-order valence-corrected chi connectivity index (χ4v) is 1.99. The first-order chi connectivity index (χ1) is 8.66. The molecule has 96 valence electrons. The minimum Gasteiger partial charge on any atom is -0.382 e. The third kappa shape index (κ3) is 2.13. The van der Waals surface area contributed by atoms with Crippen LogP contribution in [0.1, 0.15) is 23.7 Å². The van der Waals surface area contributed by atoms with Crippen LogP contribution >= 0.6 is 0 Å². The fourth-order valence-electron chi connectivity index (χ4n) is 1.99. The van der Waals surface area contributed by atoms with Crippen molar-refractivity contribution in [1.82, 2.24) is 0 Å². The first kappa shape index (κ1) is 12.7. The van der Waals surface area contributed by atoms with Crippen LogP contribution in [0, 0.1) is 5.82 Å². The second-order valence-corrected chi connectivity index (χ2v) is 3.97. The van der Waals surface area contributed by atoms with E-state index in [2.05, 4.69) is 0 Å². The average Bonchev–Trinajstić information content (AvgIpc) is 2.61. The van der Waals surface area contributed by atoms with E-state index in [1.54, 1.807) is 0 Å². The zero-order valence-electron chi connectivity index (χ0n) is 10.1. The number of carbonyl (C=O) groups is 2. The molecule has 0 spiro atoms. The summed E-state index contributed by atoms with van der Waals surface area (Å²) in [5, 5.41) is 0. The minimum absolute atomic E-state index is 0.101. The SMILES string of the molecule is CCOCCCN1C(=O)C(=O)c2cccc(F)c21. The van der Waals surface area contributed by atoms with Crippen LogP contribution < -0.4 is 4.90 Å². The molecule has 0 bridgehead atoms. The highest BCUT2D eigenvalue weighted by atomic mass is 19.1. The van der Waals surface area contributed by atoms with E-state index in [0.29, 0.717) is 26.2 Å². The smallest absolute Gasteiger partial charge is 0.299 e. The Morgan fingerprint density at radius 1 is 1.33 bits per heavy atom. The molecule has 0 saturated heterocycles. The third-order valence-corrected chi connectivity index (χ3v) is 2.82. The Labute approximate surface area is 104 Å². The molecular weight excluding hydrogens is 237 g/mol. The Kier molecular flexibility index (Phi) is 3.72. The van der Waals surface area contributed by atoms with Gasteiger partial charge < -0.3 is 9.64 Å². The van der Waals surface area contributed by atoms with Crippen molar-refractivity contribution in [3.05, 3.63) is 29.6 Å². The predicted octanol–water partition coefficient (Wildman–Crippen LogP) is 1.78. The van der Waals surface area contributed by atoms with Gasteiger partial charge in [-0.3, -0.25) is 9.59 Å². The Balaban J connectivity index is 2.17. The molecule has 4 nitrogen and oxygen atoms in total. The molecule has 0 fully saturated rings. The van der Waals surface area contributed by atoms with Gasteiger partial charge in [-0.15, -0.1) is 0 Å². The first-order valence-electron chi connectivity index (χ1n) is 5.89. The van der Waals surface area contributed by atoms with Gasteiger partial charge in [0, 0.05) is 19.8 Å². The quantitative estimate of drug-likeness (QED) is 0.592. The molecule has 0 radical (unpaired) electrons. The molecule has 1 heterocycles. The van der Waals surface area contributed by atoms with Gasteiger partial charge in [0.05, 0.1) is 11.3 Å². The summed E-state index contributed by atoms with van der Waals surface area (Å²) in [5.41, 5.74) is 0.250. The van der Waals surface area contributed by atoms with Crippen molar-refractivity contribution in [2.24, 2.45) is 0 Å². The molecule has 5 heteroatoms. The van der Waals surface area contributed by atoms with Crippen LogP contribution in [0.4, 0.5) is 10.1 Å². The average molecular weight is 251 g/mol. The second kappa shape index (κ2) is 5.27. The molecule has 1 aromatic carbocycles. The van der Waals surface area contributed by atoms with E-state index < -0.39 is 17.5 Å². The highest BCUT2D eigenvalue weighted by Gasteiger charge is 2.37. The molecule has 0 N–H and O–H groups in total. The largest absolute Gasteiger partial charge is 0.382 e. The first-order valence-corrected chi connectivity index (χ1v) is 5.89. The van der Waals surface area contributed by atoms with Crippen molar-refractivity contribution in [2.75, 3.05) is 24.7 Å². The normalized spacial score (nSPS) is 14.2. The van der Waals surface area contributed by atoms with Gasteiger partial charge >= 0.3 is 0 Å². The highest BCUT2D eigenvalue weighted by Crippen LogP contribution is 2.31. The van der Waals surface area contributed by atoms with Crippen molar-refractivity contribution >= 4 is 17.4 Å². The molecule has 1 aliphatic rings.